The summed E-state index contributed by atoms with van der Waals surface area (Å²) in [4.78, 5) is 12.3. The molecule has 0 radical (unpaired) electrons. The Morgan fingerprint density at radius 1 is 0.972 bits per heavy atom. The van der Waals surface area contributed by atoms with Crippen LogP contribution in [0.3, 0.4) is 0 Å². The van der Waals surface area contributed by atoms with E-state index in [0.717, 1.165) is 78.6 Å². The van der Waals surface area contributed by atoms with Crippen LogP contribution in [0.15, 0.2) is 42.6 Å². The molecule has 1 aromatic heterocycles. The van der Waals surface area contributed by atoms with Crippen LogP contribution in [0.5, 0.6) is 11.5 Å². The van der Waals surface area contributed by atoms with Gasteiger partial charge >= 0.3 is 0 Å². The standard InChI is InChI=1S/C28H35N5O3/c1-34-22-13-21(14-23(16-22)35-2)32(18-19-6-7-19)20-8-9-24-25(15-20)31-26(17-29-24)27-10-11-30-33(27)28-5-3-4-12-36-28/h8-9,13-17,19,27-28,30H,3-7,10-12,18H2,1-2H3. The first-order valence-corrected chi connectivity index (χ1v) is 13.1. The molecule has 3 aliphatic rings. The van der Waals surface area contributed by atoms with Gasteiger partial charge in [-0.05, 0) is 62.6 Å². The number of hydrogen-bond acceptors (Lipinski definition) is 8. The molecule has 2 unspecified atom stereocenters. The van der Waals surface area contributed by atoms with E-state index in [1.54, 1.807) is 14.2 Å². The van der Waals surface area contributed by atoms with Crippen LogP contribution < -0.4 is 19.8 Å². The molecule has 1 saturated carbocycles. The largest absolute Gasteiger partial charge is 0.497 e. The minimum atomic E-state index is 0.104. The van der Waals surface area contributed by atoms with E-state index in [1.807, 2.05) is 12.3 Å². The summed E-state index contributed by atoms with van der Waals surface area (Å²) in [5.74, 6) is 2.27. The Bertz CT molecular complexity index is 1190. The van der Waals surface area contributed by atoms with Gasteiger partial charge in [0.2, 0.25) is 0 Å². The van der Waals surface area contributed by atoms with Crippen LogP contribution in [-0.4, -0.2) is 55.1 Å². The maximum Gasteiger partial charge on any atom is 0.124 e. The number of aromatic nitrogens is 2. The van der Waals surface area contributed by atoms with Gasteiger partial charge in [-0.2, -0.15) is 0 Å². The van der Waals surface area contributed by atoms with Crippen LogP contribution in [-0.2, 0) is 4.74 Å². The average Bonchev–Trinajstić information content (AvgIpc) is 3.63. The monoisotopic (exact) mass is 489 g/mol. The van der Waals surface area contributed by atoms with Crippen molar-refractivity contribution in [3.63, 3.8) is 0 Å². The minimum absolute atomic E-state index is 0.104. The van der Waals surface area contributed by atoms with Crippen LogP contribution in [0.4, 0.5) is 11.4 Å². The highest BCUT2D eigenvalue weighted by Gasteiger charge is 2.34. The summed E-state index contributed by atoms with van der Waals surface area (Å²) >= 11 is 0. The molecule has 8 heteroatoms. The van der Waals surface area contributed by atoms with E-state index >= 15 is 0 Å². The molecule has 6 rings (SSSR count). The molecule has 1 aliphatic carbocycles. The van der Waals surface area contributed by atoms with E-state index in [-0.39, 0.29) is 12.3 Å². The molecule has 2 atom stereocenters. The molecule has 0 spiro atoms. The molecular weight excluding hydrogens is 454 g/mol. The highest BCUT2D eigenvalue weighted by molar-refractivity contribution is 5.81. The lowest BCUT2D eigenvalue weighted by Gasteiger charge is -2.34. The number of hydrazine groups is 1. The van der Waals surface area contributed by atoms with E-state index in [9.17, 15) is 0 Å². The molecule has 2 aliphatic heterocycles. The number of nitrogens with one attached hydrogen (secondary N) is 1. The summed E-state index contributed by atoms with van der Waals surface area (Å²) in [7, 11) is 3.38. The molecule has 3 fully saturated rings. The van der Waals surface area contributed by atoms with Crippen LogP contribution >= 0.6 is 0 Å². The van der Waals surface area contributed by atoms with Gasteiger partial charge in [0.15, 0.2) is 0 Å². The second-order valence-corrected chi connectivity index (χ2v) is 10.0. The Morgan fingerprint density at radius 2 is 1.81 bits per heavy atom. The summed E-state index contributed by atoms with van der Waals surface area (Å²) in [6.45, 7) is 2.71. The zero-order valence-corrected chi connectivity index (χ0v) is 21.2. The Kier molecular flexibility index (Phi) is 6.65. The van der Waals surface area contributed by atoms with Crippen LogP contribution in [0.2, 0.25) is 0 Å². The quantitative estimate of drug-likeness (QED) is 0.475. The zero-order chi connectivity index (χ0) is 24.5. The van der Waals surface area contributed by atoms with Crippen molar-refractivity contribution in [2.45, 2.75) is 50.8 Å². The number of benzene rings is 2. The van der Waals surface area contributed by atoms with Crippen molar-refractivity contribution in [2.24, 2.45) is 5.92 Å². The first kappa shape index (κ1) is 23.5. The van der Waals surface area contributed by atoms with Crippen LogP contribution in [0.1, 0.15) is 50.3 Å². The fourth-order valence-corrected chi connectivity index (χ4v) is 5.33. The lowest BCUT2D eigenvalue weighted by atomic mass is 10.1. The van der Waals surface area contributed by atoms with Crippen molar-refractivity contribution in [2.75, 3.05) is 38.8 Å². The van der Waals surface area contributed by atoms with E-state index in [4.69, 9.17) is 24.2 Å². The maximum atomic E-state index is 6.07. The summed E-state index contributed by atoms with van der Waals surface area (Å²) in [6.07, 6.45) is 8.97. The lowest BCUT2D eigenvalue weighted by Crippen LogP contribution is -2.45. The number of ether oxygens (including phenoxy) is 3. The smallest absolute Gasteiger partial charge is 0.124 e. The van der Waals surface area contributed by atoms with Gasteiger partial charge in [-0.15, -0.1) is 0 Å². The van der Waals surface area contributed by atoms with E-state index in [1.165, 1.54) is 19.3 Å². The van der Waals surface area contributed by atoms with Crippen LogP contribution in [0.25, 0.3) is 11.0 Å². The zero-order valence-electron chi connectivity index (χ0n) is 21.2. The van der Waals surface area contributed by atoms with Crippen molar-refractivity contribution in [3.8, 4) is 11.5 Å². The molecule has 2 aromatic carbocycles. The van der Waals surface area contributed by atoms with Gasteiger partial charge in [0.05, 0.1) is 43.2 Å². The summed E-state index contributed by atoms with van der Waals surface area (Å²) in [5.41, 5.74) is 8.51. The summed E-state index contributed by atoms with van der Waals surface area (Å²) < 4.78 is 17.2. The van der Waals surface area contributed by atoms with E-state index < -0.39 is 0 Å². The fraction of sp³-hybridized carbons (Fsp3) is 0.500. The number of rotatable bonds is 8. The predicted octanol–water partition coefficient (Wildman–Crippen LogP) is 4.97. The number of methoxy groups -OCH3 is 2. The molecule has 2 saturated heterocycles. The van der Waals surface area contributed by atoms with Gasteiger partial charge in [-0.1, -0.05) is 0 Å². The molecule has 0 bridgehead atoms. The minimum Gasteiger partial charge on any atom is -0.497 e. The normalized spacial score (nSPS) is 22.6. The van der Waals surface area contributed by atoms with E-state index in [2.05, 4.69) is 45.7 Å². The van der Waals surface area contributed by atoms with Gasteiger partial charge in [-0.25, -0.2) is 9.99 Å². The Balaban J connectivity index is 1.34. The molecule has 0 amide bonds. The third-order valence-corrected chi connectivity index (χ3v) is 7.50. The van der Waals surface area contributed by atoms with Gasteiger partial charge in [0.25, 0.3) is 0 Å². The average molecular weight is 490 g/mol. The first-order valence-electron chi connectivity index (χ1n) is 13.1. The molecule has 190 valence electrons. The second kappa shape index (κ2) is 10.2. The van der Waals surface area contributed by atoms with Crippen LogP contribution in [0, 0.1) is 5.92 Å². The fourth-order valence-electron chi connectivity index (χ4n) is 5.33. The highest BCUT2D eigenvalue weighted by atomic mass is 16.5. The number of hydrogen-bond donors (Lipinski definition) is 1. The summed E-state index contributed by atoms with van der Waals surface area (Å²) in [5, 5.41) is 2.26. The summed E-state index contributed by atoms with van der Waals surface area (Å²) in [6, 6.07) is 12.6. The first-order chi connectivity index (χ1) is 17.7. The van der Waals surface area contributed by atoms with Gasteiger partial charge in [0.1, 0.15) is 17.7 Å². The molecular formula is C28H35N5O3. The Morgan fingerprint density at radius 3 is 2.53 bits per heavy atom. The van der Waals surface area contributed by atoms with Crippen molar-refractivity contribution in [1.82, 2.24) is 20.4 Å². The van der Waals surface area contributed by atoms with Crippen molar-refractivity contribution >= 4 is 22.4 Å². The van der Waals surface area contributed by atoms with E-state index in [0.29, 0.717) is 5.92 Å². The van der Waals surface area contributed by atoms with Gasteiger partial charge in [0, 0.05) is 49.3 Å². The SMILES string of the molecule is COc1cc(OC)cc(N(CC2CC2)c2ccc3ncc(C4CCNN4C4CCCCO4)nc3c2)c1. The number of fused-ring (bicyclic) bond motifs is 1. The molecule has 36 heavy (non-hydrogen) atoms. The topological polar surface area (TPSA) is 72.0 Å². The van der Waals surface area contributed by atoms with Crippen molar-refractivity contribution < 1.29 is 14.2 Å². The number of anilines is 2. The Hall–Kier alpha value is -2.94. The maximum absolute atomic E-state index is 6.07. The predicted molar refractivity (Wildman–Crippen MR) is 140 cm³/mol. The van der Waals surface area contributed by atoms with Gasteiger partial charge in [-0.3, -0.25) is 10.4 Å². The lowest BCUT2D eigenvalue weighted by molar-refractivity contribution is -0.112. The molecule has 3 heterocycles. The van der Waals surface area contributed by atoms with Crippen molar-refractivity contribution in [3.05, 3.63) is 48.3 Å². The van der Waals surface area contributed by atoms with Gasteiger partial charge < -0.3 is 19.1 Å². The Labute approximate surface area is 212 Å². The number of nitrogens with zero attached hydrogens (tertiary/aromatic N) is 4. The van der Waals surface area contributed by atoms with Crippen molar-refractivity contribution in [1.29, 1.82) is 0 Å². The highest BCUT2D eigenvalue weighted by Crippen LogP contribution is 2.39. The second-order valence-electron chi connectivity index (χ2n) is 10.0. The third-order valence-electron chi connectivity index (χ3n) is 7.50. The molecule has 8 nitrogen and oxygen atoms in total. The third kappa shape index (κ3) is 4.85. The molecule has 1 N–H and O–H groups in total. The molecule has 3 aromatic rings.